The summed E-state index contributed by atoms with van der Waals surface area (Å²) in [5, 5.41) is 3.42. The fourth-order valence-corrected chi connectivity index (χ4v) is 0.831. The van der Waals surface area contributed by atoms with E-state index in [0.717, 1.165) is 6.42 Å². The van der Waals surface area contributed by atoms with Crippen LogP contribution in [0.5, 0.6) is 0 Å². The van der Waals surface area contributed by atoms with E-state index in [9.17, 15) is 0 Å². The van der Waals surface area contributed by atoms with E-state index in [1.807, 2.05) is 12.2 Å². The minimum absolute atomic E-state index is 0.0981. The Hall–Kier alpha value is -0.990. The maximum Gasteiger partial charge on any atom is 0.0670 e. The van der Waals surface area contributed by atoms with Gasteiger partial charge in [0, 0.05) is 4.91 Å². The lowest BCUT2D eigenvalue weighted by atomic mass is 10.2. The summed E-state index contributed by atoms with van der Waals surface area (Å²) in [5.74, 6) is 0. The SMILES string of the molecule is [N-]=[N+]=NCC1CC=CCO1. The van der Waals surface area contributed by atoms with E-state index in [1.54, 1.807) is 0 Å². The van der Waals surface area contributed by atoms with Gasteiger partial charge < -0.3 is 4.74 Å². The number of rotatable bonds is 2. The molecule has 0 aromatic rings. The van der Waals surface area contributed by atoms with Crippen molar-refractivity contribution in [1.29, 1.82) is 0 Å². The highest BCUT2D eigenvalue weighted by Gasteiger charge is 2.07. The van der Waals surface area contributed by atoms with Gasteiger partial charge in [0.1, 0.15) is 0 Å². The lowest BCUT2D eigenvalue weighted by Gasteiger charge is -2.15. The van der Waals surface area contributed by atoms with E-state index in [-0.39, 0.29) is 6.10 Å². The van der Waals surface area contributed by atoms with Crippen LogP contribution in [-0.4, -0.2) is 19.3 Å². The first-order chi connectivity index (χ1) is 4.93. The van der Waals surface area contributed by atoms with Crippen LogP contribution in [0, 0.1) is 0 Å². The summed E-state index contributed by atoms with van der Waals surface area (Å²) < 4.78 is 5.23. The van der Waals surface area contributed by atoms with Gasteiger partial charge in [-0.25, -0.2) is 0 Å². The van der Waals surface area contributed by atoms with Gasteiger partial charge in [-0.05, 0) is 12.0 Å². The number of nitrogens with zero attached hydrogens (tertiary/aromatic N) is 3. The van der Waals surface area contributed by atoms with Crippen LogP contribution in [0.4, 0.5) is 0 Å². The van der Waals surface area contributed by atoms with Crippen LogP contribution in [-0.2, 0) is 4.74 Å². The zero-order valence-electron chi connectivity index (χ0n) is 5.60. The fraction of sp³-hybridized carbons (Fsp3) is 0.667. The molecule has 0 spiro atoms. The third-order valence-electron chi connectivity index (χ3n) is 1.34. The Kier molecular flexibility index (Phi) is 2.80. The first-order valence-corrected chi connectivity index (χ1v) is 3.21. The van der Waals surface area contributed by atoms with E-state index in [1.165, 1.54) is 0 Å². The molecule has 1 unspecified atom stereocenters. The molecule has 1 rings (SSSR count). The highest BCUT2D eigenvalue weighted by Crippen LogP contribution is 2.05. The lowest BCUT2D eigenvalue weighted by Crippen LogP contribution is -2.18. The van der Waals surface area contributed by atoms with Crippen LogP contribution in [0.1, 0.15) is 6.42 Å². The summed E-state index contributed by atoms with van der Waals surface area (Å²) in [6.07, 6.45) is 4.97. The Morgan fingerprint density at radius 3 is 3.20 bits per heavy atom. The van der Waals surface area contributed by atoms with Crippen LogP contribution in [0.25, 0.3) is 10.4 Å². The summed E-state index contributed by atoms with van der Waals surface area (Å²) in [7, 11) is 0. The lowest BCUT2D eigenvalue weighted by molar-refractivity contribution is 0.0745. The molecule has 54 valence electrons. The molecular formula is C6H9N3O. The average Bonchev–Trinajstić information content (AvgIpc) is 2.03. The van der Waals surface area contributed by atoms with Crippen molar-refractivity contribution in [2.45, 2.75) is 12.5 Å². The molecule has 0 saturated carbocycles. The largest absolute Gasteiger partial charge is 0.374 e. The quantitative estimate of drug-likeness (QED) is 0.248. The standard InChI is InChI=1S/C6H9N3O/c7-9-8-5-6-3-1-2-4-10-6/h1-2,6H,3-5H2. The highest BCUT2D eigenvalue weighted by atomic mass is 16.5. The Bertz CT molecular complexity index is 172. The molecule has 1 heterocycles. The van der Waals surface area contributed by atoms with Gasteiger partial charge in [0.15, 0.2) is 0 Å². The molecule has 0 N–H and O–H groups in total. The van der Waals surface area contributed by atoms with Gasteiger partial charge in [0.2, 0.25) is 0 Å². The van der Waals surface area contributed by atoms with Crippen molar-refractivity contribution in [3.63, 3.8) is 0 Å². The van der Waals surface area contributed by atoms with Gasteiger partial charge in [-0.1, -0.05) is 17.3 Å². The molecule has 0 bridgehead atoms. The first kappa shape index (κ1) is 7.12. The molecule has 0 fully saturated rings. The normalized spacial score (nSPS) is 23.8. The van der Waals surface area contributed by atoms with Crippen LogP contribution >= 0.6 is 0 Å². The van der Waals surface area contributed by atoms with Gasteiger partial charge in [-0.3, -0.25) is 0 Å². The minimum Gasteiger partial charge on any atom is -0.374 e. The smallest absolute Gasteiger partial charge is 0.0670 e. The first-order valence-electron chi connectivity index (χ1n) is 3.21. The molecule has 0 aromatic carbocycles. The second-order valence-corrected chi connectivity index (χ2v) is 2.08. The predicted octanol–water partition coefficient (Wildman–Crippen LogP) is 1.64. The topological polar surface area (TPSA) is 58.0 Å². The van der Waals surface area contributed by atoms with E-state index >= 15 is 0 Å². The Balaban J connectivity index is 2.28. The second-order valence-electron chi connectivity index (χ2n) is 2.08. The van der Waals surface area contributed by atoms with E-state index < -0.39 is 0 Å². The summed E-state index contributed by atoms with van der Waals surface area (Å²) in [5.41, 5.74) is 7.98. The average molecular weight is 139 g/mol. The zero-order valence-corrected chi connectivity index (χ0v) is 5.60. The van der Waals surface area contributed by atoms with Crippen molar-refractivity contribution in [3.8, 4) is 0 Å². The third kappa shape index (κ3) is 2.09. The molecule has 0 saturated heterocycles. The van der Waals surface area contributed by atoms with Crippen molar-refractivity contribution in [2.75, 3.05) is 13.2 Å². The predicted molar refractivity (Wildman–Crippen MR) is 37.5 cm³/mol. The zero-order chi connectivity index (χ0) is 7.23. The van der Waals surface area contributed by atoms with Gasteiger partial charge >= 0.3 is 0 Å². The van der Waals surface area contributed by atoms with Gasteiger partial charge in [0.25, 0.3) is 0 Å². The number of azide groups is 1. The summed E-state index contributed by atoms with van der Waals surface area (Å²) in [4.78, 5) is 2.65. The minimum atomic E-state index is 0.0981. The van der Waals surface area contributed by atoms with Crippen LogP contribution < -0.4 is 0 Å². The molecule has 1 atom stereocenters. The van der Waals surface area contributed by atoms with E-state index in [4.69, 9.17) is 10.3 Å². The second kappa shape index (κ2) is 3.93. The Morgan fingerprint density at radius 1 is 1.70 bits per heavy atom. The van der Waals surface area contributed by atoms with Gasteiger partial charge in [-0.15, -0.1) is 0 Å². The summed E-state index contributed by atoms with van der Waals surface area (Å²) >= 11 is 0. The van der Waals surface area contributed by atoms with Crippen LogP contribution in [0.3, 0.4) is 0 Å². The Labute approximate surface area is 59.1 Å². The van der Waals surface area contributed by atoms with Gasteiger partial charge in [0.05, 0.1) is 19.3 Å². The monoisotopic (exact) mass is 139 g/mol. The number of ether oxygens (including phenoxy) is 1. The van der Waals surface area contributed by atoms with Crippen molar-refractivity contribution in [2.24, 2.45) is 5.11 Å². The third-order valence-corrected chi connectivity index (χ3v) is 1.34. The molecule has 0 aliphatic carbocycles. The molecule has 1 aliphatic heterocycles. The molecule has 1 aliphatic rings. The van der Waals surface area contributed by atoms with Crippen molar-refractivity contribution in [1.82, 2.24) is 0 Å². The summed E-state index contributed by atoms with van der Waals surface area (Å²) in [6.45, 7) is 1.09. The molecular weight excluding hydrogens is 130 g/mol. The molecule has 4 nitrogen and oxygen atoms in total. The maximum absolute atomic E-state index is 7.98. The molecule has 0 aromatic heterocycles. The highest BCUT2D eigenvalue weighted by molar-refractivity contribution is 4.89. The van der Waals surface area contributed by atoms with Crippen LogP contribution in [0.15, 0.2) is 17.3 Å². The number of hydrogen-bond donors (Lipinski definition) is 0. The molecule has 0 amide bonds. The van der Waals surface area contributed by atoms with Crippen molar-refractivity contribution >= 4 is 0 Å². The van der Waals surface area contributed by atoms with E-state index in [2.05, 4.69) is 10.0 Å². The molecule has 0 radical (unpaired) electrons. The number of hydrogen-bond acceptors (Lipinski definition) is 2. The van der Waals surface area contributed by atoms with Gasteiger partial charge in [-0.2, -0.15) is 0 Å². The molecule has 10 heavy (non-hydrogen) atoms. The van der Waals surface area contributed by atoms with E-state index in [0.29, 0.717) is 13.2 Å². The van der Waals surface area contributed by atoms with Crippen LogP contribution in [0.2, 0.25) is 0 Å². The molecule has 4 heteroatoms. The Morgan fingerprint density at radius 2 is 2.60 bits per heavy atom. The summed E-state index contributed by atoms with van der Waals surface area (Å²) in [6, 6.07) is 0. The fourth-order valence-electron chi connectivity index (χ4n) is 0.831. The van der Waals surface area contributed by atoms with Crippen molar-refractivity contribution < 1.29 is 4.74 Å². The van der Waals surface area contributed by atoms with Crippen molar-refractivity contribution in [3.05, 3.63) is 22.6 Å². The maximum atomic E-state index is 7.98.